The van der Waals surface area contributed by atoms with Gasteiger partial charge in [-0.3, -0.25) is 9.36 Å². The lowest BCUT2D eigenvalue weighted by Crippen LogP contribution is -2.14. The minimum absolute atomic E-state index is 0.129. The van der Waals surface area contributed by atoms with Crippen molar-refractivity contribution < 1.29 is 9.53 Å². The number of allylic oxidation sites excluding steroid dienone is 1. The van der Waals surface area contributed by atoms with Gasteiger partial charge < -0.3 is 10.1 Å². The lowest BCUT2D eigenvalue weighted by Gasteiger charge is -2.09. The van der Waals surface area contributed by atoms with Crippen molar-refractivity contribution >= 4 is 35.0 Å². The number of benzene rings is 2. The van der Waals surface area contributed by atoms with Crippen LogP contribution in [0.4, 0.5) is 5.69 Å². The molecule has 31 heavy (non-hydrogen) atoms. The van der Waals surface area contributed by atoms with E-state index >= 15 is 0 Å². The van der Waals surface area contributed by atoms with E-state index in [4.69, 9.17) is 16.3 Å². The number of hydrogen-bond acceptors (Lipinski definition) is 5. The number of unbranched alkanes of at least 4 members (excludes halogenated alkanes) is 1. The lowest BCUT2D eigenvalue weighted by atomic mass is 10.2. The first-order chi connectivity index (χ1) is 15.1. The molecule has 0 unspecified atom stereocenters. The molecule has 1 aromatic heterocycles. The normalized spacial score (nSPS) is 10.6. The van der Waals surface area contributed by atoms with Crippen LogP contribution in [0.15, 0.2) is 66.3 Å². The molecule has 0 fully saturated rings. The molecule has 3 aromatic rings. The Hall–Kier alpha value is -2.77. The number of rotatable bonds is 11. The number of hydrogen-bond donors (Lipinski definition) is 1. The fourth-order valence-electron chi connectivity index (χ4n) is 2.80. The molecule has 3 rings (SSSR count). The fraction of sp³-hybridized carbons (Fsp3) is 0.261. The first-order valence-corrected chi connectivity index (χ1v) is 11.4. The molecule has 1 N–H and O–H groups in total. The Bertz CT molecular complexity index is 1000. The van der Waals surface area contributed by atoms with E-state index < -0.39 is 0 Å². The molecule has 1 heterocycles. The van der Waals surface area contributed by atoms with Gasteiger partial charge in [0.2, 0.25) is 5.91 Å². The van der Waals surface area contributed by atoms with Crippen LogP contribution in [0.25, 0.3) is 11.4 Å². The minimum Gasteiger partial charge on any atom is -0.494 e. The van der Waals surface area contributed by atoms with Crippen molar-refractivity contribution in [3.63, 3.8) is 0 Å². The number of thioether (sulfide) groups is 1. The zero-order chi connectivity index (χ0) is 22.1. The molecule has 0 aliphatic carbocycles. The van der Waals surface area contributed by atoms with Gasteiger partial charge in [-0.2, -0.15) is 0 Å². The molecular formula is C23H25ClN4O2S. The van der Waals surface area contributed by atoms with E-state index in [9.17, 15) is 4.79 Å². The minimum atomic E-state index is -0.129. The van der Waals surface area contributed by atoms with Crippen LogP contribution in [0.5, 0.6) is 5.75 Å². The van der Waals surface area contributed by atoms with E-state index in [2.05, 4.69) is 29.0 Å². The third-order valence-electron chi connectivity index (χ3n) is 4.37. The summed E-state index contributed by atoms with van der Waals surface area (Å²) in [5.41, 5.74) is 1.62. The number of carbonyl (C=O) groups is 1. The Morgan fingerprint density at radius 2 is 1.94 bits per heavy atom. The van der Waals surface area contributed by atoms with Crippen LogP contribution in [0.3, 0.4) is 0 Å². The van der Waals surface area contributed by atoms with Gasteiger partial charge in [0.05, 0.1) is 12.4 Å². The summed E-state index contributed by atoms with van der Waals surface area (Å²) in [6.07, 6.45) is 3.91. The molecule has 6 nitrogen and oxygen atoms in total. The van der Waals surface area contributed by atoms with Gasteiger partial charge >= 0.3 is 0 Å². The summed E-state index contributed by atoms with van der Waals surface area (Å²) in [4.78, 5) is 12.3. The number of carbonyl (C=O) groups excluding carboxylic acids is 1. The number of aromatic nitrogens is 3. The molecule has 162 valence electrons. The highest BCUT2D eigenvalue weighted by Crippen LogP contribution is 2.26. The van der Waals surface area contributed by atoms with Crippen molar-refractivity contribution in [3.8, 4) is 17.1 Å². The van der Waals surface area contributed by atoms with Gasteiger partial charge in [0.25, 0.3) is 0 Å². The van der Waals surface area contributed by atoms with Crippen LogP contribution in [0, 0.1) is 0 Å². The van der Waals surface area contributed by atoms with Gasteiger partial charge in [0.1, 0.15) is 5.75 Å². The van der Waals surface area contributed by atoms with E-state index in [0.29, 0.717) is 29.0 Å². The summed E-state index contributed by atoms with van der Waals surface area (Å²) >= 11 is 7.21. The summed E-state index contributed by atoms with van der Waals surface area (Å²) in [5.74, 6) is 1.64. The van der Waals surface area contributed by atoms with Gasteiger partial charge in [0.15, 0.2) is 11.0 Å². The fourth-order valence-corrected chi connectivity index (χ4v) is 3.67. The van der Waals surface area contributed by atoms with Crippen molar-refractivity contribution in [2.75, 3.05) is 17.7 Å². The average molecular weight is 457 g/mol. The van der Waals surface area contributed by atoms with Gasteiger partial charge in [-0.15, -0.1) is 16.8 Å². The van der Waals surface area contributed by atoms with Crippen LogP contribution in [0.2, 0.25) is 5.02 Å². The van der Waals surface area contributed by atoms with Gasteiger partial charge in [-0.05, 0) is 55.0 Å². The van der Waals surface area contributed by atoms with Gasteiger partial charge in [0, 0.05) is 22.8 Å². The van der Waals surface area contributed by atoms with Crippen molar-refractivity contribution in [1.29, 1.82) is 0 Å². The van der Waals surface area contributed by atoms with Crippen molar-refractivity contribution in [2.24, 2.45) is 0 Å². The molecule has 1 amide bonds. The molecule has 2 aromatic carbocycles. The zero-order valence-electron chi connectivity index (χ0n) is 17.4. The van der Waals surface area contributed by atoms with E-state index in [1.165, 1.54) is 11.8 Å². The first-order valence-electron chi connectivity index (χ1n) is 10.1. The number of amides is 1. The molecular weight excluding hydrogens is 432 g/mol. The number of halogens is 1. The molecule has 0 aliphatic rings. The van der Waals surface area contributed by atoms with Crippen molar-refractivity contribution in [3.05, 3.63) is 66.2 Å². The molecule has 8 heteroatoms. The maximum Gasteiger partial charge on any atom is 0.234 e. The van der Waals surface area contributed by atoms with Crippen LogP contribution in [-0.4, -0.2) is 33.0 Å². The highest BCUT2D eigenvalue weighted by molar-refractivity contribution is 7.99. The van der Waals surface area contributed by atoms with Crippen LogP contribution >= 0.6 is 23.4 Å². The molecule has 0 atom stereocenters. The third-order valence-corrected chi connectivity index (χ3v) is 5.59. The largest absolute Gasteiger partial charge is 0.494 e. The van der Waals surface area contributed by atoms with Crippen LogP contribution < -0.4 is 10.1 Å². The molecule has 0 radical (unpaired) electrons. The Morgan fingerprint density at radius 3 is 2.61 bits per heavy atom. The Morgan fingerprint density at radius 1 is 1.19 bits per heavy atom. The summed E-state index contributed by atoms with van der Waals surface area (Å²) in [7, 11) is 0. The number of anilines is 1. The second-order valence-corrected chi connectivity index (χ2v) is 8.15. The SMILES string of the molecule is C=CCn1c(SCC(=O)Nc2ccc(Cl)cc2)nnc1-c1ccc(OCCCC)cc1. The summed E-state index contributed by atoms with van der Waals surface area (Å²) in [5, 5.41) is 12.7. The Kier molecular flexibility index (Phi) is 8.55. The standard InChI is InChI=1S/C23H25ClN4O2S/c1-3-5-15-30-20-12-6-17(7-13-20)22-26-27-23(28(22)14-4-2)31-16-21(29)25-19-10-8-18(24)9-11-19/h4,6-13H,2-3,5,14-16H2,1H3,(H,25,29). The van der Waals surface area contributed by atoms with Crippen LogP contribution in [-0.2, 0) is 11.3 Å². The highest BCUT2D eigenvalue weighted by atomic mass is 35.5. The quantitative estimate of drug-likeness (QED) is 0.228. The second-order valence-electron chi connectivity index (χ2n) is 6.78. The lowest BCUT2D eigenvalue weighted by molar-refractivity contribution is -0.113. The predicted octanol–water partition coefficient (Wildman–Crippen LogP) is 5.69. The highest BCUT2D eigenvalue weighted by Gasteiger charge is 2.15. The van der Waals surface area contributed by atoms with E-state index in [-0.39, 0.29) is 11.7 Å². The average Bonchev–Trinajstić information content (AvgIpc) is 3.17. The first kappa shape index (κ1) is 22.9. The molecule has 0 aliphatic heterocycles. The summed E-state index contributed by atoms with van der Waals surface area (Å²) < 4.78 is 7.67. The molecule has 0 bridgehead atoms. The third kappa shape index (κ3) is 6.60. The zero-order valence-corrected chi connectivity index (χ0v) is 19.0. The van der Waals surface area contributed by atoms with E-state index in [0.717, 1.165) is 30.0 Å². The predicted molar refractivity (Wildman–Crippen MR) is 127 cm³/mol. The second kappa shape index (κ2) is 11.6. The Labute approximate surface area is 191 Å². The molecule has 0 saturated carbocycles. The topological polar surface area (TPSA) is 69.0 Å². The van der Waals surface area contributed by atoms with Gasteiger partial charge in [-0.25, -0.2) is 0 Å². The summed E-state index contributed by atoms with van der Waals surface area (Å²) in [6, 6.07) is 14.8. The Balaban J connectivity index is 1.66. The molecule has 0 spiro atoms. The molecule has 0 saturated heterocycles. The van der Waals surface area contributed by atoms with E-state index in [1.54, 1.807) is 30.3 Å². The van der Waals surface area contributed by atoms with Gasteiger partial charge in [-0.1, -0.05) is 42.8 Å². The maximum atomic E-state index is 12.3. The van der Waals surface area contributed by atoms with E-state index in [1.807, 2.05) is 28.8 Å². The number of nitrogens with one attached hydrogen (secondary N) is 1. The maximum absolute atomic E-state index is 12.3. The monoisotopic (exact) mass is 456 g/mol. The number of nitrogens with zero attached hydrogens (tertiary/aromatic N) is 3. The number of ether oxygens (including phenoxy) is 1. The van der Waals surface area contributed by atoms with Crippen molar-refractivity contribution in [1.82, 2.24) is 14.8 Å². The smallest absolute Gasteiger partial charge is 0.234 e. The van der Waals surface area contributed by atoms with Crippen molar-refractivity contribution in [2.45, 2.75) is 31.5 Å². The summed E-state index contributed by atoms with van der Waals surface area (Å²) in [6.45, 7) is 7.21. The van der Waals surface area contributed by atoms with Crippen LogP contribution in [0.1, 0.15) is 19.8 Å².